The molecule has 3 rings (SSSR count). The van der Waals surface area contributed by atoms with E-state index in [4.69, 9.17) is 0 Å². The fourth-order valence-electron chi connectivity index (χ4n) is 2.26. The van der Waals surface area contributed by atoms with Gasteiger partial charge in [-0.3, -0.25) is 9.78 Å². The molecular formula is C16H14N2OS. The molecule has 0 radical (unpaired) electrons. The highest BCUT2D eigenvalue weighted by atomic mass is 32.1. The van der Waals surface area contributed by atoms with Crippen molar-refractivity contribution in [3.63, 3.8) is 0 Å². The van der Waals surface area contributed by atoms with Crippen molar-refractivity contribution < 1.29 is 4.79 Å². The highest BCUT2D eigenvalue weighted by Gasteiger charge is 2.18. The maximum Gasteiger partial charge on any atom is 0.259 e. The molecule has 4 heteroatoms. The molecule has 3 nitrogen and oxygen atoms in total. The molecule has 0 atom stereocenters. The first-order valence-corrected chi connectivity index (χ1v) is 7.37. The number of amides is 1. The zero-order valence-electron chi connectivity index (χ0n) is 11.1. The van der Waals surface area contributed by atoms with Crippen LogP contribution in [-0.2, 0) is 0 Å². The summed E-state index contributed by atoms with van der Waals surface area (Å²) in [5, 5.41) is 3.13. The topological polar surface area (TPSA) is 33.2 Å². The Balaban J connectivity index is 2.05. The van der Waals surface area contributed by atoms with Gasteiger partial charge in [-0.15, -0.1) is 11.3 Å². The molecule has 0 saturated heterocycles. The van der Waals surface area contributed by atoms with Crippen molar-refractivity contribution in [1.82, 2.24) is 4.98 Å². The summed E-state index contributed by atoms with van der Waals surface area (Å²) >= 11 is 1.60. The number of thiophene rings is 1. The van der Waals surface area contributed by atoms with Crippen molar-refractivity contribution in [2.75, 3.05) is 11.4 Å². The van der Waals surface area contributed by atoms with Gasteiger partial charge in [0.15, 0.2) is 0 Å². The van der Waals surface area contributed by atoms with E-state index in [-0.39, 0.29) is 5.91 Å². The van der Waals surface area contributed by atoms with E-state index in [1.807, 2.05) is 48.7 Å². The molecule has 2 heterocycles. The molecule has 0 aliphatic heterocycles. The summed E-state index contributed by atoms with van der Waals surface area (Å²) < 4.78 is 1.04. The van der Waals surface area contributed by atoms with Gasteiger partial charge < -0.3 is 4.90 Å². The molecule has 0 aliphatic rings. The van der Waals surface area contributed by atoms with Gasteiger partial charge in [-0.1, -0.05) is 12.1 Å². The molecule has 2 aromatic heterocycles. The maximum absolute atomic E-state index is 12.8. The van der Waals surface area contributed by atoms with Crippen LogP contribution in [0.1, 0.15) is 17.3 Å². The number of nitrogens with zero attached hydrogens (tertiary/aromatic N) is 2. The van der Waals surface area contributed by atoms with Gasteiger partial charge in [0.1, 0.15) is 0 Å². The Morgan fingerprint density at radius 3 is 2.90 bits per heavy atom. The molecule has 0 bridgehead atoms. The minimum Gasteiger partial charge on any atom is -0.307 e. The fourth-order valence-corrected chi connectivity index (χ4v) is 3.17. The van der Waals surface area contributed by atoms with Gasteiger partial charge in [-0.05, 0) is 42.0 Å². The predicted octanol–water partition coefficient (Wildman–Crippen LogP) is 3.96. The lowest BCUT2D eigenvalue weighted by Gasteiger charge is -2.20. The van der Waals surface area contributed by atoms with Gasteiger partial charge in [0.05, 0.1) is 17.4 Å². The number of fused-ring (bicyclic) bond motifs is 1. The van der Waals surface area contributed by atoms with E-state index >= 15 is 0 Å². The maximum atomic E-state index is 12.8. The van der Waals surface area contributed by atoms with E-state index in [0.717, 1.165) is 21.3 Å². The van der Waals surface area contributed by atoms with E-state index < -0.39 is 0 Å². The van der Waals surface area contributed by atoms with Crippen LogP contribution in [0.3, 0.4) is 0 Å². The van der Waals surface area contributed by atoms with Crippen LogP contribution in [0, 0.1) is 0 Å². The van der Waals surface area contributed by atoms with Crippen molar-refractivity contribution in [3.8, 4) is 0 Å². The van der Waals surface area contributed by atoms with Crippen LogP contribution in [0.5, 0.6) is 0 Å². The van der Waals surface area contributed by atoms with Crippen LogP contribution in [0.15, 0.2) is 54.2 Å². The second kappa shape index (κ2) is 5.43. The number of benzene rings is 1. The Bertz CT molecular complexity index is 736. The van der Waals surface area contributed by atoms with Crippen LogP contribution < -0.4 is 4.90 Å². The quantitative estimate of drug-likeness (QED) is 0.728. The van der Waals surface area contributed by atoms with Crippen molar-refractivity contribution in [1.29, 1.82) is 0 Å². The van der Waals surface area contributed by atoms with Crippen molar-refractivity contribution in [2.45, 2.75) is 6.92 Å². The number of pyridine rings is 1. The van der Waals surface area contributed by atoms with Gasteiger partial charge in [0.25, 0.3) is 5.91 Å². The van der Waals surface area contributed by atoms with E-state index in [2.05, 4.69) is 4.98 Å². The summed E-state index contributed by atoms with van der Waals surface area (Å²) in [6.45, 7) is 2.59. The van der Waals surface area contributed by atoms with Crippen LogP contribution in [0.4, 0.5) is 5.69 Å². The van der Waals surface area contributed by atoms with Crippen molar-refractivity contribution in [3.05, 3.63) is 59.7 Å². The van der Waals surface area contributed by atoms with Gasteiger partial charge in [0, 0.05) is 17.4 Å². The number of anilines is 1. The minimum atomic E-state index is 0.0218. The first kappa shape index (κ1) is 12.8. The first-order valence-electron chi connectivity index (χ1n) is 6.49. The molecule has 0 unspecified atom stereocenters. The molecule has 0 N–H and O–H groups in total. The number of hydrogen-bond donors (Lipinski definition) is 0. The standard InChI is InChI=1S/C16H14N2OS/c1-2-18(13-6-4-9-17-11-13)16(19)14-7-3-5-12-8-10-20-15(12)14/h3-11H,2H2,1H3. The van der Waals surface area contributed by atoms with Crippen LogP contribution >= 0.6 is 11.3 Å². The highest BCUT2D eigenvalue weighted by Crippen LogP contribution is 2.27. The summed E-state index contributed by atoms with van der Waals surface area (Å²) in [7, 11) is 0. The number of carbonyl (C=O) groups is 1. The summed E-state index contributed by atoms with van der Waals surface area (Å²) in [5.74, 6) is 0.0218. The molecule has 0 spiro atoms. The van der Waals surface area contributed by atoms with Crippen LogP contribution in [0.2, 0.25) is 0 Å². The zero-order chi connectivity index (χ0) is 13.9. The zero-order valence-corrected chi connectivity index (χ0v) is 11.9. The molecule has 0 saturated carbocycles. The Hall–Kier alpha value is -2.20. The van der Waals surface area contributed by atoms with E-state index in [0.29, 0.717) is 6.54 Å². The van der Waals surface area contributed by atoms with Gasteiger partial charge in [-0.25, -0.2) is 0 Å². The fraction of sp³-hybridized carbons (Fsp3) is 0.125. The summed E-state index contributed by atoms with van der Waals surface area (Å²) in [5.41, 5.74) is 1.58. The molecule has 1 aromatic carbocycles. The molecule has 1 amide bonds. The van der Waals surface area contributed by atoms with Crippen LogP contribution in [0.25, 0.3) is 10.1 Å². The second-order valence-electron chi connectivity index (χ2n) is 4.41. The van der Waals surface area contributed by atoms with Crippen molar-refractivity contribution in [2.24, 2.45) is 0 Å². The van der Waals surface area contributed by atoms with Crippen LogP contribution in [-0.4, -0.2) is 17.4 Å². The third-order valence-electron chi connectivity index (χ3n) is 3.23. The summed E-state index contributed by atoms with van der Waals surface area (Å²) in [6.07, 6.45) is 3.43. The Morgan fingerprint density at radius 1 is 1.25 bits per heavy atom. The second-order valence-corrected chi connectivity index (χ2v) is 5.32. The van der Waals surface area contributed by atoms with E-state index in [9.17, 15) is 4.79 Å². The lowest BCUT2D eigenvalue weighted by Crippen LogP contribution is -2.30. The van der Waals surface area contributed by atoms with Gasteiger partial charge in [0.2, 0.25) is 0 Å². The van der Waals surface area contributed by atoms with E-state index in [1.165, 1.54) is 0 Å². The number of hydrogen-bond acceptors (Lipinski definition) is 3. The molecule has 0 fully saturated rings. The smallest absolute Gasteiger partial charge is 0.259 e. The highest BCUT2D eigenvalue weighted by molar-refractivity contribution is 7.17. The summed E-state index contributed by atoms with van der Waals surface area (Å²) in [6, 6.07) is 11.6. The lowest BCUT2D eigenvalue weighted by molar-refractivity contribution is 0.0990. The summed E-state index contributed by atoms with van der Waals surface area (Å²) in [4.78, 5) is 18.6. The van der Waals surface area contributed by atoms with Gasteiger partial charge >= 0.3 is 0 Å². The van der Waals surface area contributed by atoms with Gasteiger partial charge in [-0.2, -0.15) is 0 Å². The predicted molar refractivity (Wildman–Crippen MR) is 83.4 cm³/mol. The first-order chi connectivity index (χ1) is 9.81. The average molecular weight is 282 g/mol. The molecular weight excluding hydrogens is 268 g/mol. The number of aromatic nitrogens is 1. The monoisotopic (exact) mass is 282 g/mol. The third-order valence-corrected chi connectivity index (χ3v) is 4.19. The normalized spacial score (nSPS) is 10.7. The average Bonchev–Trinajstić information content (AvgIpc) is 2.97. The largest absolute Gasteiger partial charge is 0.307 e. The molecule has 20 heavy (non-hydrogen) atoms. The lowest BCUT2D eigenvalue weighted by atomic mass is 10.1. The molecule has 100 valence electrons. The Morgan fingerprint density at radius 2 is 2.15 bits per heavy atom. The van der Waals surface area contributed by atoms with Crippen molar-refractivity contribution >= 4 is 33.0 Å². The molecule has 0 aliphatic carbocycles. The number of rotatable bonds is 3. The number of carbonyl (C=O) groups excluding carboxylic acids is 1. The Labute approximate surface area is 121 Å². The van der Waals surface area contributed by atoms with E-state index in [1.54, 1.807) is 28.6 Å². The Kier molecular flexibility index (Phi) is 3.48. The SMILES string of the molecule is CCN(C(=O)c1cccc2ccsc12)c1cccnc1. The minimum absolute atomic E-state index is 0.0218. The molecule has 3 aromatic rings. The third kappa shape index (κ3) is 2.18.